The van der Waals surface area contributed by atoms with Crippen LogP contribution >= 0.6 is 0 Å². The molecule has 1 N–H and O–H groups in total. The van der Waals surface area contributed by atoms with Crippen LogP contribution in [0.25, 0.3) is 0 Å². The van der Waals surface area contributed by atoms with Crippen molar-refractivity contribution in [2.24, 2.45) is 11.8 Å². The van der Waals surface area contributed by atoms with Gasteiger partial charge < -0.3 is 9.84 Å². The van der Waals surface area contributed by atoms with Crippen LogP contribution in [0.5, 0.6) is 0 Å². The van der Waals surface area contributed by atoms with E-state index in [1.165, 1.54) is 38.6 Å². The van der Waals surface area contributed by atoms with Gasteiger partial charge in [-0.1, -0.05) is 5.16 Å². The van der Waals surface area contributed by atoms with Gasteiger partial charge in [0.2, 0.25) is 5.89 Å². The lowest BCUT2D eigenvalue weighted by molar-refractivity contribution is 0.158. The van der Waals surface area contributed by atoms with Crippen molar-refractivity contribution in [3.05, 3.63) is 11.7 Å². The number of fused-ring (bicyclic) bond motifs is 3. The molecule has 4 heteroatoms. The normalized spacial score (nSPS) is 36.4. The Hall–Kier alpha value is -0.900. The number of piperidine rings is 2. The first-order valence-electron chi connectivity index (χ1n) is 6.94. The SMILES string of the molecule is C1CC1Cc1noc(C2CC3CCC2NC3)n1. The summed E-state index contributed by atoms with van der Waals surface area (Å²) < 4.78 is 5.48. The maximum absolute atomic E-state index is 5.48. The van der Waals surface area contributed by atoms with Crippen molar-refractivity contribution >= 4 is 0 Å². The van der Waals surface area contributed by atoms with Gasteiger partial charge in [0, 0.05) is 12.5 Å². The van der Waals surface area contributed by atoms with Crippen molar-refractivity contribution < 1.29 is 4.52 Å². The largest absolute Gasteiger partial charge is 0.339 e. The molecule has 5 rings (SSSR count). The molecule has 4 fully saturated rings. The molecule has 17 heavy (non-hydrogen) atoms. The smallest absolute Gasteiger partial charge is 0.231 e. The lowest BCUT2D eigenvalue weighted by atomic mass is 9.74. The minimum absolute atomic E-state index is 0.475. The van der Waals surface area contributed by atoms with Crippen molar-refractivity contribution in [2.75, 3.05) is 6.54 Å². The third-order valence-electron chi connectivity index (χ3n) is 4.60. The summed E-state index contributed by atoms with van der Waals surface area (Å²) in [6.45, 7) is 1.18. The first-order chi connectivity index (χ1) is 8.38. The predicted molar refractivity (Wildman–Crippen MR) is 62.6 cm³/mol. The van der Waals surface area contributed by atoms with Crippen LogP contribution in [0.1, 0.15) is 49.7 Å². The molecule has 3 unspecified atom stereocenters. The Morgan fingerprint density at radius 3 is 2.82 bits per heavy atom. The van der Waals surface area contributed by atoms with E-state index in [0.29, 0.717) is 12.0 Å². The second kappa shape index (κ2) is 3.80. The second-order valence-corrected chi connectivity index (χ2v) is 6.00. The molecule has 0 amide bonds. The highest BCUT2D eigenvalue weighted by Gasteiger charge is 2.39. The van der Waals surface area contributed by atoms with E-state index < -0.39 is 0 Å². The van der Waals surface area contributed by atoms with Gasteiger partial charge in [-0.15, -0.1) is 0 Å². The van der Waals surface area contributed by atoms with Gasteiger partial charge in [-0.05, 0) is 50.5 Å². The highest BCUT2D eigenvalue weighted by atomic mass is 16.5. The molecular formula is C13H19N3O. The summed E-state index contributed by atoms with van der Waals surface area (Å²) in [5.41, 5.74) is 0. The lowest BCUT2D eigenvalue weighted by Crippen LogP contribution is -2.49. The molecule has 1 aromatic heterocycles. The molecule has 0 spiro atoms. The molecule has 2 bridgehead atoms. The number of hydrogen-bond acceptors (Lipinski definition) is 4. The Balaban J connectivity index is 1.51. The summed E-state index contributed by atoms with van der Waals surface area (Å²) in [6.07, 6.45) is 7.60. The number of aromatic nitrogens is 2. The first-order valence-corrected chi connectivity index (χ1v) is 6.94. The van der Waals surface area contributed by atoms with Crippen molar-refractivity contribution in [3.8, 4) is 0 Å². The molecule has 2 aliphatic heterocycles. The fourth-order valence-electron chi connectivity index (χ4n) is 3.36. The Morgan fingerprint density at radius 1 is 1.24 bits per heavy atom. The molecule has 4 aliphatic rings. The molecule has 2 saturated carbocycles. The Labute approximate surface area is 101 Å². The molecule has 4 nitrogen and oxygen atoms in total. The van der Waals surface area contributed by atoms with Crippen LogP contribution in [0, 0.1) is 11.8 Å². The summed E-state index contributed by atoms with van der Waals surface area (Å²) in [5, 5.41) is 7.74. The fraction of sp³-hybridized carbons (Fsp3) is 0.846. The van der Waals surface area contributed by atoms with Crippen molar-refractivity contribution in [1.29, 1.82) is 0 Å². The molecule has 92 valence electrons. The van der Waals surface area contributed by atoms with Crippen LogP contribution in [0.2, 0.25) is 0 Å². The number of nitrogens with zero attached hydrogens (tertiary/aromatic N) is 2. The lowest BCUT2D eigenvalue weighted by Gasteiger charge is -2.41. The summed E-state index contributed by atoms with van der Waals surface area (Å²) in [7, 11) is 0. The number of hydrogen-bond donors (Lipinski definition) is 1. The summed E-state index contributed by atoms with van der Waals surface area (Å²) in [4.78, 5) is 4.62. The van der Waals surface area contributed by atoms with Crippen LogP contribution in [0.15, 0.2) is 4.52 Å². The molecule has 0 aromatic carbocycles. The van der Waals surface area contributed by atoms with E-state index in [1.54, 1.807) is 0 Å². The van der Waals surface area contributed by atoms with Crippen molar-refractivity contribution in [2.45, 2.75) is 50.5 Å². The van der Waals surface area contributed by atoms with Crippen molar-refractivity contribution in [1.82, 2.24) is 15.5 Å². The average Bonchev–Trinajstić information content (AvgIpc) is 3.06. The van der Waals surface area contributed by atoms with E-state index in [2.05, 4.69) is 15.5 Å². The fourth-order valence-corrected chi connectivity index (χ4v) is 3.36. The maximum Gasteiger partial charge on any atom is 0.231 e. The van der Waals surface area contributed by atoms with Crippen LogP contribution in [0.4, 0.5) is 0 Å². The summed E-state index contributed by atoms with van der Waals surface area (Å²) in [5.74, 6) is 3.96. The van der Waals surface area contributed by atoms with Gasteiger partial charge in [-0.25, -0.2) is 0 Å². The summed E-state index contributed by atoms with van der Waals surface area (Å²) in [6, 6.07) is 0.578. The van der Waals surface area contributed by atoms with E-state index in [0.717, 1.165) is 30.0 Å². The molecule has 1 aromatic rings. The second-order valence-electron chi connectivity index (χ2n) is 6.00. The number of rotatable bonds is 3. The standard InChI is InChI=1S/C13H19N3O/c1-2-8(1)6-12-15-13(17-16-12)10-5-9-3-4-11(10)14-7-9/h8-11,14H,1-7H2. The molecular weight excluding hydrogens is 214 g/mol. The van der Waals surface area contributed by atoms with Crippen LogP contribution in [0.3, 0.4) is 0 Å². The average molecular weight is 233 g/mol. The minimum Gasteiger partial charge on any atom is -0.339 e. The topological polar surface area (TPSA) is 51.0 Å². The molecule has 0 radical (unpaired) electrons. The van der Waals surface area contributed by atoms with Crippen LogP contribution in [-0.2, 0) is 6.42 Å². The van der Waals surface area contributed by atoms with Gasteiger partial charge in [-0.2, -0.15) is 4.98 Å². The Bertz CT molecular complexity index is 405. The van der Waals surface area contributed by atoms with Crippen LogP contribution in [-0.4, -0.2) is 22.7 Å². The number of nitrogens with one attached hydrogen (secondary N) is 1. The molecule has 2 saturated heterocycles. The highest BCUT2D eigenvalue weighted by molar-refractivity contribution is 5.06. The third-order valence-corrected chi connectivity index (χ3v) is 4.60. The monoisotopic (exact) mass is 233 g/mol. The summed E-state index contributed by atoms with van der Waals surface area (Å²) >= 11 is 0. The Morgan fingerprint density at radius 2 is 2.18 bits per heavy atom. The first kappa shape index (κ1) is 10.1. The van der Waals surface area contributed by atoms with Crippen LogP contribution < -0.4 is 5.32 Å². The highest BCUT2D eigenvalue weighted by Crippen LogP contribution is 2.39. The van der Waals surface area contributed by atoms with Gasteiger partial charge in [0.1, 0.15) is 0 Å². The van der Waals surface area contributed by atoms with E-state index in [9.17, 15) is 0 Å². The van der Waals surface area contributed by atoms with E-state index in [1.807, 2.05) is 0 Å². The Kier molecular flexibility index (Phi) is 2.25. The van der Waals surface area contributed by atoms with Crippen molar-refractivity contribution in [3.63, 3.8) is 0 Å². The quantitative estimate of drug-likeness (QED) is 0.866. The third kappa shape index (κ3) is 1.88. The zero-order chi connectivity index (χ0) is 11.2. The van der Waals surface area contributed by atoms with Gasteiger partial charge in [0.15, 0.2) is 5.82 Å². The zero-order valence-electron chi connectivity index (χ0n) is 10.1. The minimum atomic E-state index is 0.475. The molecule has 3 atom stereocenters. The maximum atomic E-state index is 5.48. The van der Waals surface area contributed by atoms with E-state index in [4.69, 9.17) is 4.52 Å². The van der Waals surface area contributed by atoms with Gasteiger partial charge in [0.05, 0.1) is 5.92 Å². The zero-order valence-corrected chi connectivity index (χ0v) is 10.1. The van der Waals surface area contributed by atoms with Gasteiger partial charge in [0.25, 0.3) is 0 Å². The van der Waals surface area contributed by atoms with E-state index >= 15 is 0 Å². The van der Waals surface area contributed by atoms with Gasteiger partial charge in [-0.3, -0.25) is 0 Å². The van der Waals surface area contributed by atoms with Gasteiger partial charge >= 0.3 is 0 Å². The van der Waals surface area contributed by atoms with E-state index in [-0.39, 0.29) is 0 Å². The molecule has 2 aliphatic carbocycles. The molecule has 3 heterocycles. The predicted octanol–water partition coefficient (Wildman–Crippen LogP) is 1.88.